The number of hydrogen-bond donors (Lipinski definition) is 1. The van der Waals surface area contributed by atoms with Crippen molar-refractivity contribution >= 4 is 16.8 Å². The number of nitrogens with zero attached hydrogens (tertiary/aromatic N) is 1. The van der Waals surface area contributed by atoms with Crippen LogP contribution in [0.25, 0.3) is 10.9 Å². The topological polar surface area (TPSA) is 43.3 Å². The number of hydrogen-bond acceptors (Lipinski definition) is 2. The Balaban J connectivity index is 1.39. The largest absolute Gasteiger partial charge is 0.484 e. The lowest BCUT2D eigenvalue weighted by atomic mass is 9.95. The molecule has 2 aromatic carbocycles. The molecule has 1 fully saturated rings. The molecule has 1 aliphatic rings. The molecular weight excluding hydrogens is 324 g/mol. The van der Waals surface area contributed by atoms with E-state index in [0.717, 1.165) is 18.6 Å². The van der Waals surface area contributed by atoms with Gasteiger partial charge in [0, 0.05) is 36.1 Å². The van der Waals surface area contributed by atoms with Crippen molar-refractivity contribution in [2.75, 3.05) is 13.2 Å². The average molecular weight is 348 g/mol. The van der Waals surface area contributed by atoms with Crippen molar-refractivity contribution in [2.24, 2.45) is 7.05 Å². The van der Waals surface area contributed by atoms with Crippen molar-refractivity contribution in [1.82, 2.24) is 9.88 Å². The minimum Gasteiger partial charge on any atom is -0.484 e. The van der Waals surface area contributed by atoms with Crippen molar-refractivity contribution in [2.45, 2.75) is 25.2 Å². The Kier molecular flexibility index (Phi) is 4.19. The van der Waals surface area contributed by atoms with Crippen LogP contribution in [0.15, 0.2) is 54.7 Å². The number of benzene rings is 2. The Hall–Kier alpha value is -2.75. The van der Waals surface area contributed by atoms with Crippen molar-refractivity contribution < 1.29 is 9.53 Å². The standard InChI is InChI=1S/C22H24N2O2/c1-16-7-9-17(10-8-16)26-14-21(25)23-15-22(11-12-22)19-13-24(2)20-6-4-3-5-18(19)20/h3-10,13H,11-12,14-15H2,1-2H3,(H,23,25). The predicted octanol–water partition coefficient (Wildman–Crippen LogP) is 3.71. The number of para-hydroxylation sites is 1. The number of fused-ring (bicyclic) bond motifs is 1. The zero-order valence-electron chi connectivity index (χ0n) is 15.3. The third-order valence-electron chi connectivity index (χ3n) is 5.34. The molecule has 3 aromatic rings. The molecule has 0 radical (unpaired) electrons. The van der Waals surface area contributed by atoms with Crippen LogP contribution in [0.2, 0.25) is 0 Å². The lowest BCUT2D eigenvalue weighted by Crippen LogP contribution is -2.35. The summed E-state index contributed by atoms with van der Waals surface area (Å²) in [5, 5.41) is 4.36. The van der Waals surface area contributed by atoms with Gasteiger partial charge in [0.1, 0.15) is 5.75 Å². The average Bonchev–Trinajstić information content (AvgIpc) is 3.37. The van der Waals surface area contributed by atoms with Gasteiger partial charge in [-0.1, -0.05) is 35.9 Å². The van der Waals surface area contributed by atoms with E-state index in [0.29, 0.717) is 6.54 Å². The number of ether oxygens (including phenoxy) is 1. The minimum absolute atomic E-state index is 0.0503. The quantitative estimate of drug-likeness (QED) is 0.738. The molecule has 4 rings (SSSR count). The molecule has 0 aliphatic heterocycles. The molecular formula is C22H24N2O2. The summed E-state index contributed by atoms with van der Waals surface area (Å²) in [6.07, 6.45) is 4.44. The molecule has 1 N–H and O–H groups in total. The van der Waals surface area contributed by atoms with Crippen molar-refractivity contribution in [3.8, 4) is 5.75 Å². The van der Waals surface area contributed by atoms with Crippen LogP contribution in [-0.2, 0) is 17.3 Å². The maximum atomic E-state index is 12.2. The van der Waals surface area contributed by atoms with Crippen LogP contribution in [-0.4, -0.2) is 23.6 Å². The van der Waals surface area contributed by atoms with Gasteiger partial charge in [0.15, 0.2) is 6.61 Å². The molecule has 0 spiro atoms. The second-order valence-electron chi connectivity index (χ2n) is 7.33. The Morgan fingerprint density at radius 3 is 2.62 bits per heavy atom. The Labute approximate surface area is 153 Å². The van der Waals surface area contributed by atoms with Crippen LogP contribution in [0, 0.1) is 6.92 Å². The maximum Gasteiger partial charge on any atom is 0.257 e. The first-order valence-corrected chi connectivity index (χ1v) is 9.08. The third kappa shape index (κ3) is 3.19. The van der Waals surface area contributed by atoms with E-state index in [4.69, 9.17) is 4.74 Å². The highest BCUT2D eigenvalue weighted by Crippen LogP contribution is 2.50. The zero-order chi connectivity index (χ0) is 18.1. The Bertz CT molecular complexity index is 936. The van der Waals surface area contributed by atoms with E-state index < -0.39 is 0 Å². The van der Waals surface area contributed by atoms with Gasteiger partial charge in [0.2, 0.25) is 0 Å². The molecule has 1 aromatic heterocycles. The second-order valence-corrected chi connectivity index (χ2v) is 7.33. The number of aromatic nitrogens is 1. The van der Waals surface area contributed by atoms with Crippen LogP contribution >= 0.6 is 0 Å². The molecule has 0 atom stereocenters. The molecule has 4 heteroatoms. The molecule has 1 amide bonds. The van der Waals surface area contributed by atoms with Gasteiger partial charge in [0.05, 0.1) is 0 Å². The second kappa shape index (κ2) is 6.52. The Morgan fingerprint density at radius 2 is 1.88 bits per heavy atom. The normalized spacial score (nSPS) is 15.0. The van der Waals surface area contributed by atoms with Crippen molar-refractivity contribution in [3.63, 3.8) is 0 Å². The fourth-order valence-electron chi connectivity index (χ4n) is 3.56. The summed E-state index contributed by atoms with van der Waals surface area (Å²) >= 11 is 0. The van der Waals surface area contributed by atoms with Gasteiger partial charge in [-0.3, -0.25) is 4.79 Å². The van der Waals surface area contributed by atoms with Crippen molar-refractivity contribution in [3.05, 3.63) is 65.9 Å². The van der Waals surface area contributed by atoms with Gasteiger partial charge in [-0.25, -0.2) is 0 Å². The predicted molar refractivity (Wildman–Crippen MR) is 104 cm³/mol. The smallest absolute Gasteiger partial charge is 0.257 e. The van der Waals surface area contributed by atoms with Gasteiger partial charge >= 0.3 is 0 Å². The van der Waals surface area contributed by atoms with E-state index in [-0.39, 0.29) is 17.9 Å². The molecule has 0 bridgehead atoms. The highest BCUT2D eigenvalue weighted by Gasteiger charge is 2.46. The molecule has 0 saturated heterocycles. The number of aryl methyl sites for hydroxylation is 2. The van der Waals surface area contributed by atoms with E-state index in [2.05, 4.69) is 47.4 Å². The zero-order valence-corrected chi connectivity index (χ0v) is 15.3. The molecule has 1 aliphatic carbocycles. The third-order valence-corrected chi connectivity index (χ3v) is 5.34. The summed E-state index contributed by atoms with van der Waals surface area (Å²) in [5.41, 5.74) is 3.83. The molecule has 26 heavy (non-hydrogen) atoms. The first-order valence-electron chi connectivity index (χ1n) is 9.08. The van der Waals surface area contributed by atoms with E-state index in [1.165, 1.54) is 22.0 Å². The molecule has 1 heterocycles. The summed E-state index contributed by atoms with van der Waals surface area (Å²) < 4.78 is 7.75. The van der Waals surface area contributed by atoms with Crippen molar-refractivity contribution in [1.29, 1.82) is 0 Å². The van der Waals surface area contributed by atoms with Gasteiger partial charge in [-0.2, -0.15) is 0 Å². The number of carbonyl (C=O) groups is 1. The number of carbonyl (C=O) groups excluding carboxylic acids is 1. The van der Waals surface area contributed by atoms with Gasteiger partial charge in [-0.15, -0.1) is 0 Å². The van der Waals surface area contributed by atoms with Crippen LogP contribution < -0.4 is 10.1 Å². The fraction of sp³-hybridized carbons (Fsp3) is 0.318. The summed E-state index contributed by atoms with van der Waals surface area (Å²) in [7, 11) is 2.08. The first kappa shape index (κ1) is 16.7. The summed E-state index contributed by atoms with van der Waals surface area (Å²) in [4.78, 5) is 12.2. The minimum atomic E-state index is -0.0721. The summed E-state index contributed by atoms with van der Waals surface area (Å²) in [6.45, 7) is 2.74. The highest BCUT2D eigenvalue weighted by atomic mass is 16.5. The van der Waals surface area contributed by atoms with Crippen LogP contribution in [0.5, 0.6) is 5.75 Å². The van der Waals surface area contributed by atoms with Crippen LogP contribution in [0.1, 0.15) is 24.0 Å². The van der Waals surface area contributed by atoms with Gasteiger partial charge in [-0.05, 0) is 43.5 Å². The van der Waals surface area contributed by atoms with Crippen LogP contribution in [0.4, 0.5) is 0 Å². The fourth-order valence-corrected chi connectivity index (χ4v) is 3.56. The SMILES string of the molecule is Cc1ccc(OCC(=O)NCC2(c3cn(C)c4ccccc34)CC2)cc1. The summed E-state index contributed by atoms with van der Waals surface area (Å²) in [6, 6.07) is 16.2. The molecule has 1 saturated carbocycles. The Morgan fingerprint density at radius 1 is 1.15 bits per heavy atom. The molecule has 4 nitrogen and oxygen atoms in total. The number of amides is 1. The molecule has 134 valence electrons. The van der Waals surface area contributed by atoms with E-state index in [1.807, 2.05) is 31.2 Å². The van der Waals surface area contributed by atoms with E-state index in [9.17, 15) is 4.79 Å². The van der Waals surface area contributed by atoms with Crippen LogP contribution in [0.3, 0.4) is 0 Å². The first-order chi connectivity index (χ1) is 12.6. The maximum absolute atomic E-state index is 12.2. The lowest BCUT2D eigenvalue weighted by Gasteiger charge is -2.16. The number of nitrogens with one attached hydrogen (secondary N) is 1. The van der Waals surface area contributed by atoms with E-state index in [1.54, 1.807) is 0 Å². The van der Waals surface area contributed by atoms with E-state index >= 15 is 0 Å². The number of rotatable bonds is 6. The van der Waals surface area contributed by atoms with Gasteiger partial charge < -0.3 is 14.6 Å². The highest BCUT2D eigenvalue weighted by molar-refractivity contribution is 5.86. The summed E-state index contributed by atoms with van der Waals surface area (Å²) in [5.74, 6) is 0.651. The molecule has 0 unspecified atom stereocenters. The lowest BCUT2D eigenvalue weighted by molar-refractivity contribution is -0.123. The van der Waals surface area contributed by atoms with Gasteiger partial charge in [0.25, 0.3) is 5.91 Å². The monoisotopic (exact) mass is 348 g/mol.